The molecular weight excluding hydrogens is 322 g/mol. The largest absolute Gasteiger partial charge is 0.480 e. The van der Waals surface area contributed by atoms with Crippen LogP contribution in [0, 0.1) is 13.8 Å². The molecule has 1 aliphatic rings. The van der Waals surface area contributed by atoms with Crippen molar-refractivity contribution in [3.8, 4) is 0 Å². The number of aryl methyl sites for hydroxylation is 1. The van der Waals surface area contributed by atoms with E-state index in [9.17, 15) is 9.59 Å². The van der Waals surface area contributed by atoms with E-state index in [0.29, 0.717) is 6.54 Å². The summed E-state index contributed by atoms with van der Waals surface area (Å²) in [5.41, 5.74) is 1.99. The summed E-state index contributed by atoms with van der Waals surface area (Å²) in [6, 6.07) is -0.125. The first kappa shape index (κ1) is 19.3. The molecule has 0 bridgehead atoms. The van der Waals surface area contributed by atoms with Gasteiger partial charge in [0.2, 0.25) is 0 Å². The highest BCUT2D eigenvalue weighted by molar-refractivity contribution is 5.69. The summed E-state index contributed by atoms with van der Waals surface area (Å²) in [7, 11) is 0. The number of carboxylic acid groups (broad SMARTS) is 1. The first-order chi connectivity index (χ1) is 11.6. The lowest BCUT2D eigenvalue weighted by molar-refractivity contribution is -0.137. The quantitative estimate of drug-likeness (QED) is 0.902. The molecule has 1 saturated heterocycles. The summed E-state index contributed by atoms with van der Waals surface area (Å²) in [4.78, 5) is 25.6. The van der Waals surface area contributed by atoms with E-state index in [1.165, 1.54) is 4.68 Å². The molecule has 7 heteroatoms. The maximum atomic E-state index is 12.7. The number of nitrogens with zero attached hydrogens (tertiary/aromatic N) is 3. The molecule has 0 spiro atoms. The molecule has 1 N–H and O–H groups in total. The molecule has 0 saturated carbocycles. The predicted molar refractivity (Wildman–Crippen MR) is 93.5 cm³/mol. The fraction of sp³-hybridized carbons (Fsp3) is 0.722. The zero-order chi connectivity index (χ0) is 18.8. The van der Waals surface area contributed by atoms with E-state index < -0.39 is 11.6 Å². The van der Waals surface area contributed by atoms with Gasteiger partial charge in [-0.1, -0.05) is 12.8 Å². The minimum atomic E-state index is -0.929. The van der Waals surface area contributed by atoms with Gasteiger partial charge < -0.3 is 14.7 Å². The van der Waals surface area contributed by atoms with E-state index in [1.54, 1.807) is 4.90 Å². The van der Waals surface area contributed by atoms with Gasteiger partial charge in [0.05, 0.1) is 11.7 Å². The van der Waals surface area contributed by atoms with Gasteiger partial charge in [-0.2, -0.15) is 5.10 Å². The van der Waals surface area contributed by atoms with E-state index in [2.05, 4.69) is 5.10 Å². The van der Waals surface area contributed by atoms with Gasteiger partial charge in [0, 0.05) is 17.8 Å². The van der Waals surface area contributed by atoms with Gasteiger partial charge in [0.1, 0.15) is 12.1 Å². The van der Waals surface area contributed by atoms with Crippen LogP contribution in [0.1, 0.15) is 69.4 Å². The lowest BCUT2D eigenvalue weighted by atomic mass is 9.99. The molecule has 7 nitrogen and oxygen atoms in total. The maximum Gasteiger partial charge on any atom is 0.410 e. The molecule has 0 aliphatic carbocycles. The Balaban J connectivity index is 2.37. The fourth-order valence-electron chi connectivity index (χ4n) is 3.42. The van der Waals surface area contributed by atoms with Crippen LogP contribution in [0.25, 0.3) is 0 Å². The van der Waals surface area contributed by atoms with Gasteiger partial charge in [-0.3, -0.25) is 9.48 Å². The Morgan fingerprint density at radius 3 is 2.52 bits per heavy atom. The van der Waals surface area contributed by atoms with Crippen molar-refractivity contribution in [2.24, 2.45) is 0 Å². The number of rotatable bonds is 3. The van der Waals surface area contributed by atoms with Gasteiger partial charge in [0.15, 0.2) is 0 Å². The molecule has 2 rings (SSSR count). The number of hydrogen-bond donors (Lipinski definition) is 1. The second kappa shape index (κ2) is 7.45. The Hall–Kier alpha value is -2.05. The highest BCUT2D eigenvalue weighted by Gasteiger charge is 2.33. The SMILES string of the molecule is Cc1nn(CC(=O)O)c(C)c1C1CCCCCN1C(=O)OC(C)(C)C. The highest BCUT2D eigenvalue weighted by Crippen LogP contribution is 2.35. The molecule has 25 heavy (non-hydrogen) atoms. The van der Waals surface area contributed by atoms with Crippen molar-refractivity contribution in [1.29, 1.82) is 0 Å². The Morgan fingerprint density at radius 2 is 1.92 bits per heavy atom. The van der Waals surface area contributed by atoms with Crippen LogP contribution in [-0.4, -0.2) is 44.0 Å². The number of hydrogen-bond acceptors (Lipinski definition) is 4. The van der Waals surface area contributed by atoms with Crippen LogP contribution in [0.5, 0.6) is 0 Å². The molecule has 1 atom stereocenters. The normalized spacial score (nSPS) is 18.8. The maximum absolute atomic E-state index is 12.7. The van der Waals surface area contributed by atoms with Crippen molar-refractivity contribution < 1.29 is 19.4 Å². The minimum absolute atomic E-state index is 0.125. The zero-order valence-electron chi connectivity index (χ0n) is 15.8. The Kier molecular flexibility index (Phi) is 5.75. The lowest BCUT2D eigenvalue weighted by Crippen LogP contribution is -2.39. The zero-order valence-corrected chi connectivity index (χ0v) is 15.8. The third-order valence-corrected chi connectivity index (χ3v) is 4.44. The predicted octanol–water partition coefficient (Wildman–Crippen LogP) is 3.44. The van der Waals surface area contributed by atoms with Crippen LogP contribution in [0.2, 0.25) is 0 Å². The Bertz CT molecular complexity index is 645. The fourth-order valence-corrected chi connectivity index (χ4v) is 3.42. The third-order valence-electron chi connectivity index (χ3n) is 4.44. The molecule has 1 unspecified atom stereocenters. The number of carbonyl (C=O) groups excluding carboxylic acids is 1. The van der Waals surface area contributed by atoms with Crippen molar-refractivity contribution in [2.75, 3.05) is 6.54 Å². The number of likely N-dealkylation sites (tertiary alicyclic amines) is 1. The Morgan fingerprint density at radius 1 is 1.24 bits per heavy atom. The Labute approximate surface area is 148 Å². The number of ether oxygens (including phenoxy) is 1. The van der Waals surface area contributed by atoms with Crippen LogP contribution >= 0.6 is 0 Å². The number of amides is 1. The molecule has 1 aromatic rings. The molecule has 0 radical (unpaired) electrons. The molecule has 1 fully saturated rings. The van der Waals surface area contributed by atoms with E-state index in [4.69, 9.17) is 9.84 Å². The summed E-state index contributed by atoms with van der Waals surface area (Å²) < 4.78 is 7.11. The lowest BCUT2D eigenvalue weighted by Gasteiger charge is -2.32. The molecule has 1 amide bonds. The summed E-state index contributed by atoms with van der Waals surface area (Å²) in [5.74, 6) is -0.929. The first-order valence-electron chi connectivity index (χ1n) is 8.85. The second-order valence-electron chi connectivity index (χ2n) is 7.67. The second-order valence-corrected chi connectivity index (χ2v) is 7.67. The first-order valence-corrected chi connectivity index (χ1v) is 8.85. The molecular formula is C18H29N3O4. The van der Waals surface area contributed by atoms with Gasteiger partial charge in [-0.05, 0) is 47.5 Å². The smallest absolute Gasteiger partial charge is 0.410 e. The standard InChI is InChI=1S/C18H29N3O4/c1-12-16(13(2)21(19-12)11-15(22)23)14-9-7-6-8-10-20(14)17(24)25-18(3,4)5/h14H,6-11H2,1-5H3,(H,22,23). The molecule has 140 valence electrons. The summed E-state index contributed by atoms with van der Waals surface area (Å²) in [6.45, 7) is 9.79. The van der Waals surface area contributed by atoms with Crippen LogP contribution in [0.4, 0.5) is 4.79 Å². The summed E-state index contributed by atoms with van der Waals surface area (Å²) in [5, 5.41) is 13.5. The van der Waals surface area contributed by atoms with Crippen molar-refractivity contribution >= 4 is 12.1 Å². The van der Waals surface area contributed by atoms with Crippen molar-refractivity contribution in [3.63, 3.8) is 0 Å². The van der Waals surface area contributed by atoms with E-state index in [0.717, 1.165) is 42.6 Å². The van der Waals surface area contributed by atoms with Crippen LogP contribution in [0.15, 0.2) is 0 Å². The highest BCUT2D eigenvalue weighted by atomic mass is 16.6. The van der Waals surface area contributed by atoms with Gasteiger partial charge in [0.25, 0.3) is 0 Å². The number of aliphatic carboxylic acids is 1. The van der Waals surface area contributed by atoms with Crippen LogP contribution in [-0.2, 0) is 16.1 Å². The van der Waals surface area contributed by atoms with Crippen LogP contribution < -0.4 is 0 Å². The summed E-state index contributed by atoms with van der Waals surface area (Å²) in [6.07, 6.45) is 3.55. The van der Waals surface area contributed by atoms with Crippen LogP contribution in [0.3, 0.4) is 0 Å². The summed E-state index contributed by atoms with van der Waals surface area (Å²) >= 11 is 0. The number of aromatic nitrogens is 2. The van der Waals surface area contributed by atoms with Gasteiger partial charge in [-0.25, -0.2) is 4.79 Å². The molecule has 1 aromatic heterocycles. The minimum Gasteiger partial charge on any atom is -0.480 e. The van der Waals surface area contributed by atoms with Crippen molar-refractivity contribution in [1.82, 2.24) is 14.7 Å². The molecule has 1 aliphatic heterocycles. The number of carbonyl (C=O) groups is 2. The van der Waals surface area contributed by atoms with E-state index in [-0.39, 0.29) is 18.7 Å². The van der Waals surface area contributed by atoms with Gasteiger partial charge >= 0.3 is 12.1 Å². The van der Waals surface area contributed by atoms with E-state index in [1.807, 2.05) is 34.6 Å². The monoisotopic (exact) mass is 351 g/mol. The van der Waals surface area contributed by atoms with Crippen molar-refractivity contribution in [3.05, 3.63) is 17.0 Å². The topological polar surface area (TPSA) is 84.7 Å². The number of carboxylic acids is 1. The molecule has 0 aromatic carbocycles. The van der Waals surface area contributed by atoms with Crippen molar-refractivity contribution in [2.45, 2.75) is 78.5 Å². The van der Waals surface area contributed by atoms with Gasteiger partial charge in [-0.15, -0.1) is 0 Å². The van der Waals surface area contributed by atoms with E-state index >= 15 is 0 Å². The molecule has 2 heterocycles. The average molecular weight is 351 g/mol. The average Bonchev–Trinajstić information content (AvgIpc) is 2.65. The third kappa shape index (κ3) is 4.74.